The maximum atomic E-state index is 5.49. The molecule has 0 N–H and O–H groups in total. The maximum absolute atomic E-state index is 5.49. The normalized spacial score (nSPS) is 19.9. The van der Waals surface area contributed by atoms with E-state index in [-0.39, 0.29) is 11.3 Å². The Bertz CT molecular complexity index is 1110. The van der Waals surface area contributed by atoms with Gasteiger partial charge in [0.2, 0.25) is 0 Å². The second-order valence-electron chi connectivity index (χ2n) is 7.83. The third kappa shape index (κ3) is 2.95. The number of benzene rings is 3. The van der Waals surface area contributed by atoms with Gasteiger partial charge in [0.15, 0.2) is 0 Å². The molecule has 2 aliphatic rings. The molecule has 2 unspecified atom stereocenters. The molecule has 0 aliphatic heterocycles. The molecule has 2 nitrogen and oxygen atoms in total. The summed E-state index contributed by atoms with van der Waals surface area (Å²) < 4.78 is 11.0. The number of hydrogen-bond acceptors (Lipinski definition) is 2. The largest absolute Gasteiger partial charge is 0.466 e. The molecule has 2 aliphatic carbocycles. The van der Waals surface area contributed by atoms with Gasteiger partial charge in [0, 0.05) is 11.8 Å². The zero-order valence-corrected chi connectivity index (χ0v) is 17.3. The average molecular weight is 405 g/mol. The van der Waals surface area contributed by atoms with Gasteiger partial charge in [-0.15, -0.1) is 0 Å². The number of allylic oxidation sites excluding steroid dienone is 4. The molecule has 0 saturated carbocycles. The summed E-state index contributed by atoms with van der Waals surface area (Å²) >= 11 is 0. The summed E-state index contributed by atoms with van der Waals surface area (Å²) in [4.78, 5) is 0. The van der Waals surface area contributed by atoms with Crippen molar-refractivity contribution in [3.05, 3.63) is 145 Å². The summed E-state index contributed by atoms with van der Waals surface area (Å²) in [6.45, 7) is 7.33. The first-order valence-electron chi connectivity index (χ1n) is 10.5. The van der Waals surface area contributed by atoms with E-state index < -0.39 is 0 Å². The van der Waals surface area contributed by atoms with Gasteiger partial charge in [0.25, 0.3) is 0 Å². The van der Waals surface area contributed by atoms with E-state index in [1.807, 2.05) is 24.3 Å². The Hall–Kier alpha value is -3.78. The van der Waals surface area contributed by atoms with Crippen LogP contribution in [0.5, 0.6) is 11.5 Å². The van der Waals surface area contributed by atoms with Crippen LogP contribution in [-0.4, -0.2) is 0 Å². The molecule has 0 amide bonds. The fraction of sp³-hybridized carbons (Fsp3) is 0.103. The number of fused-ring (bicyclic) bond motifs is 3. The van der Waals surface area contributed by atoms with Gasteiger partial charge in [0.1, 0.15) is 11.5 Å². The first-order valence-corrected chi connectivity index (χ1v) is 10.5. The van der Waals surface area contributed by atoms with Gasteiger partial charge < -0.3 is 9.47 Å². The van der Waals surface area contributed by atoms with Gasteiger partial charge in [-0.3, -0.25) is 0 Å². The molecule has 0 heterocycles. The van der Waals surface area contributed by atoms with Gasteiger partial charge in [-0.1, -0.05) is 86.0 Å². The third-order valence-electron chi connectivity index (χ3n) is 6.44. The summed E-state index contributed by atoms with van der Waals surface area (Å²) in [7, 11) is 0. The van der Waals surface area contributed by atoms with E-state index in [0.29, 0.717) is 5.92 Å². The van der Waals surface area contributed by atoms with E-state index in [1.54, 1.807) is 0 Å². The lowest BCUT2D eigenvalue weighted by molar-refractivity contribution is 0.451. The van der Waals surface area contributed by atoms with Crippen molar-refractivity contribution >= 4 is 0 Å². The number of ether oxygens (including phenoxy) is 2. The molecule has 2 atom stereocenters. The van der Waals surface area contributed by atoms with Crippen LogP contribution >= 0.6 is 0 Å². The van der Waals surface area contributed by atoms with Crippen molar-refractivity contribution in [2.75, 3.05) is 0 Å². The minimum Gasteiger partial charge on any atom is -0.466 e. The lowest BCUT2D eigenvalue weighted by Gasteiger charge is -2.39. The molecule has 3 aromatic rings. The number of rotatable bonds is 6. The summed E-state index contributed by atoms with van der Waals surface area (Å²) in [6, 6.07) is 25.6. The predicted octanol–water partition coefficient (Wildman–Crippen LogP) is 6.91. The van der Waals surface area contributed by atoms with E-state index in [1.165, 1.54) is 34.8 Å². The van der Waals surface area contributed by atoms with Gasteiger partial charge >= 0.3 is 0 Å². The Balaban J connectivity index is 1.77. The maximum Gasteiger partial charge on any atom is 0.126 e. The van der Waals surface area contributed by atoms with E-state index >= 15 is 0 Å². The van der Waals surface area contributed by atoms with Crippen LogP contribution in [0.2, 0.25) is 0 Å². The van der Waals surface area contributed by atoms with Crippen molar-refractivity contribution in [3.63, 3.8) is 0 Å². The van der Waals surface area contributed by atoms with Crippen LogP contribution in [0.1, 0.15) is 28.2 Å². The van der Waals surface area contributed by atoms with Crippen molar-refractivity contribution in [3.8, 4) is 11.5 Å². The van der Waals surface area contributed by atoms with Crippen molar-refractivity contribution in [1.82, 2.24) is 0 Å². The first kappa shape index (κ1) is 19.2. The van der Waals surface area contributed by atoms with Crippen LogP contribution < -0.4 is 9.47 Å². The molecule has 3 aromatic carbocycles. The highest BCUT2D eigenvalue weighted by Gasteiger charge is 2.52. The molecule has 152 valence electrons. The summed E-state index contributed by atoms with van der Waals surface area (Å²) in [6.07, 6.45) is 11.9. The van der Waals surface area contributed by atoms with Crippen LogP contribution in [0.3, 0.4) is 0 Å². The Morgan fingerprint density at radius 3 is 1.81 bits per heavy atom. The lowest BCUT2D eigenvalue weighted by atomic mass is 9.63. The summed E-state index contributed by atoms with van der Waals surface area (Å²) in [5.74, 6) is 2.16. The Labute approximate surface area is 183 Å². The third-order valence-corrected chi connectivity index (χ3v) is 6.44. The standard InChI is InChI=1S/C29H24O2/c1-3-30-23-17-13-21(14-18-23)29(22-15-19-24(20-16-22)31-4-2)27-11-7-5-9-25(27)26-10-6-8-12-28(26)29/h3-20,25,27H,1-2H2. The highest BCUT2D eigenvalue weighted by Crippen LogP contribution is 2.59. The number of hydrogen-bond donors (Lipinski definition) is 0. The minimum atomic E-state index is -0.318. The van der Waals surface area contributed by atoms with Gasteiger partial charge in [0.05, 0.1) is 17.9 Å². The monoisotopic (exact) mass is 404 g/mol. The average Bonchev–Trinajstić information content (AvgIpc) is 3.12. The molecular formula is C29H24O2. The minimum absolute atomic E-state index is 0.271. The van der Waals surface area contributed by atoms with Gasteiger partial charge in [-0.2, -0.15) is 0 Å². The molecular weight excluding hydrogens is 380 g/mol. The quantitative estimate of drug-likeness (QED) is 0.416. The molecule has 0 spiro atoms. The molecule has 0 fully saturated rings. The summed E-state index contributed by atoms with van der Waals surface area (Å²) in [5, 5.41) is 0. The van der Waals surface area contributed by atoms with Gasteiger partial charge in [-0.25, -0.2) is 0 Å². The van der Waals surface area contributed by atoms with Crippen molar-refractivity contribution in [2.24, 2.45) is 5.92 Å². The Morgan fingerprint density at radius 2 is 1.23 bits per heavy atom. The first-order chi connectivity index (χ1) is 15.3. The molecule has 0 radical (unpaired) electrons. The van der Waals surface area contributed by atoms with Crippen LogP contribution in [-0.2, 0) is 5.41 Å². The van der Waals surface area contributed by atoms with E-state index in [0.717, 1.165) is 11.5 Å². The van der Waals surface area contributed by atoms with Crippen molar-refractivity contribution in [2.45, 2.75) is 11.3 Å². The van der Waals surface area contributed by atoms with Crippen molar-refractivity contribution in [1.29, 1.82) is 0 Å². The van der Waals surface area contributed by atoms with E-state index in [9.17, 15) is 0 Å². The van der Waals surface area contributed by atoms with Gasteiger partial charge in [-0.05, 0) is 46.5 Å². The topological polar surface area (TPSA) is 18.5 Å². The van der Waals surface area contributed by atoms with E-state index in [4.69, 9.17) is 9.47 Å². The fourth-order valence-corrected chi connectivity index (χ4v) is 5.29. The predicted molar refractivity (Wildman–Crippen MR) is 125 cm³/mol. The lowest BCUT2D eigenvalue weighted by Crippen LogP contribution is -2.35. The SMILES string of the molecule is C=COc1ccc(C2(c3ccc(OC=C)cc3)c3ccccc3C3C=CC=CC32)cc1. The molecule has 31 heavy (non-hydrogen) atoms. The molecule has 5 rings (SSSR count). The van der Waals surface area contributed by atoms with E-state index in [2.05, 4.69) is 86.0 Å². The smallest absolute Gasteiger partial charge is 0.126 e. The van der Waals surface area contributed by atoms with Crippen LogP contribution in [0.4, 0.5) is 0 Å². The van der Waals surface area contributed by atoms with Crippen molar-refractivity contribution < 1.29 is 9.47 Å². The second kappa shape index (κ2) is 7.81. The van der Waals surface area contributed by atoms with Crippen LogP contribution in [0.25, 0.3) is 0 Å². The molecule has 2 heteroatoms. The Kier molecular flexibility index (Phi) is 4.83. The van der Waals surface area contributed by atoms with Crippen LogP contribution in [0.15, 0.2) is 123 Å². The Morgan fingerprint density at radius 1 is 0.677 bits per heavy atom. The summed E-state index contributed by atoms with van der Waals surface area (Å²) in [5.41, 5.74) is 4.88. The molecule has 0 aromatic heterocycles. The molecule has 0 bridgehead atoms. The zero-order chi connectivity index (χ0) is 21.3. The van der Waals surface area contributed by atoms with Crippen LogP contribution in [0, 0.1) is 5.92 Å². The fourth-order valence-electron chi connectivity index (χ4n) is 5.29. The molecule has 0 saturated heterocycles. The second-order valence-corrected chi connectivity index (χ2v) is 7.83. The highest BCUT2D eigenvalue weighted by atomic mass is 16.5. The zero-order valence-electron chi connectivity index (χ0n) is 17.3. The highest BCUT2D eigenvalue weighted by molar-refractivity contribution is 5.63.